The van der Waals surface area contributed by atoms with Crippen molar-refractivity contribution in [2.75, 3.05) is 21.3 Å². The van der Waals surface area contributed by atoms with E-state index < -0.39 is 5.79 Å². The van der Waals surface area contributed by atoms with Crippen LogP contribution in [0.4, 0.5) is 0 Å². The lowest BCUT2D eigenvalue weighted by atomic mass is 9.93. The van der Waals surface area contributed by atoms with Crippen molar-refractivity contribution in [2.45, 2.75) is 12.2 Å². The Morgan fingerprint density at radius 1 is 1.00 bits per heavy atom. The number of ketones is 1. The molecule has 2 aromatic rings. The van der Waals surface area contributed by atoms with Crippen LogP contribution in [0.2, 0.25) is 0 Å². The average Bonchev–Trinajstić information content (AvgIpc) is 2.60. The number of aliphatic hydroxyl groups is 1. The molecule has 0 aromatic heterocycles. The summed E-state index contributed by atoms with van der Waals surface area (Å²) in [5.41, 5.74) is 0.800. The third-order valence-electron chi connectivity index (χ3n) is 4.00. The molecule has 0 saturated carbocycles. The monoisotopic (exact) mass is 330 g/mol. The Balaban J connectivity index is 2.01. The molecule has 126 valence electrons. The molecule has 0 aliphatic carbocycles. The number of hydrogen-bond donors (Lipinski definition) is 1. The lowest BCUT2D eigenvalue weighted by Crippen LogP contribution is -2.39. The molecule has 1 aliphatic rings. The molecule has 0 saturated heterocycles. The number of methoxy groups -OCH3 is 3. The molecule has 0 spiro atoms. The zero-order chi connectivity index (χ0) is 17.3. The maximum atomic E-state index is 12.5. The van der Waals surface area contributed by atoms with Gasteiger partial charge in [0.15, 0.2) is 17.3 Å². The van der Waals surface area contributed by atoms with Crippen LogP contribution in [-0.2, 0) is 5.79 Å². The Morgan fingerprint density at radius 2 is 1.75 bits per heavy atom. The minimum absolute atomic E-state index is 0.206. The standard InChI is InChI=1S/C18H18O6/c1-21-12-5-7-15-13(9-12)14(19)10-18(20,24-15)11-4-6-16(22-2)17(8-11)23-3/h4-9,20H,10H2,1-3H3. The largest absolute Gasteiger partial charge is 0.497 e. The van der Waals surface area contributed by atoms with Gasteiger partial charge in [-0.15, -0.1) is 0 Å². The lowest BCUT2D eigenvalue weighted by molar-refractivity contribution is -0.147. The SMILES string of the molecule is COc1ccc2c(c1)C(=O)CC(O)(c1ccc(OC)c(OC)c1)O2. The molecular weight excluding hydrogens is 312 g/mol. The van der Waals surface area contributed by atoms with Crippen molar-refractivity contribution in [1.82, 2.24) is 0 Å². The first-order chi connectivity index (χ1) is 11.5. The highest BCUT2D eigenvalue weighted by atomic mass is 16.6. The van der Waals surface area contributed by atoms with Crippen molar-refractivity contribution in [3.63, 3.8) is 0 Å². The second kappa shape index (κ2) is 6.05. The van der Waals surface area contributed by atoms with E-state index in [1.807, 2.05) is 0 Å². The van der Waals surface area contributed by atoms with Crippen molar-refractivity contribution >= 4 is 5.78 Å². The van der Waals surface area contributed by atoms with E-state index in [0.717, 1.165) is 0 Å². The van der Waals surface area contributed by atoms with Crippen LogP contribution in [-0.4, -0.2) is 32.2 Å². The van der Waals surface area contributed by atoms with Gasteiger partial charge in [0.25, 0.3) is 0 Å². The van der Waals surface area contributed by atoms with Crippen LogP contribution in [0.15, 0.2) is 36.4 Å². The van der Waals surface area contributed by atoms with Crippen LogP contribution in [0.3, 0.4) is 0 Å². The normalized spacial score (nSPS) is 19.2. The highest BCUT2D eigenvalue weighted by Gasteiger charge is 2.41. The summed E-state index contributed by atoms with van der Waals surface area (Å²) in [5.74, 6) is -0.158. The van der Waals surface area contributed by atoms with Crippen LogP contribution < -0.4 is 18.9 Å². The molecule has 0 radical (unpaired) electrons. The van der Waals surface area contributed by atoms with Crippen LogP contribution in [0.25, 0.3) is 0 Å². The Hall–Kier alpha value is -2.73. The topological polar surface area (TPSA) is 74.2 Å². The number of carbonyl (C=O) groups excluding carboxylic acids is 1. The minimum Gasteiger partial charge on any atom is -0.497 e. The molecule has 1 N–H and O–H groups in total. The molecule has 0 fully saturated rings. The van der Waals surface area contributed by atoms with E-state index in [4.69, 9.17) is 18.9 Å². The molecule has 0 bridgehead atoms. The first-order valence-electron chi connectivity index (χ1n) is 7.36. The molecule has 3 rings (SSSR count). The molecule has 1 aliphatic heterocycles. The molecule has 1 heterocycles. The van der Waals surface area contributed by atoms with Crippen LogP contribution in [0.5, 0.6) is 23.0 Å². The van der Waals surface area contributed by atoms with Gasteiger partial charge in [-0.05, 0) is 36.4 Å². The van der Waals surface area contributed by atoms with Gasteiger partial charge >= 0.3 is 0 Å². The van der Waals surface area contributed by atoms with Crippen molar-refractivity contribution in [3.05, 3.63) is 47.5 Å². The Morgan fingerprint density at radius 3 is 2.42 bits per heavy atom. The van der Waals surface area contributed by atoms with Crippen molar-refractivity contribution in [3.8, 4) is 23.0 Å². The van der Waals surface area contributed by atoms with Gasteiger partial charge in [0.1, 0.15) is 11.5 Å². The maximum absolute atomic E-state index is 12.5. The van der Waals surface area contributed by atoms with Gasteiger partial charge in [-0.25, -0.2) is 0 Å². The van der Waals surface area contributed by atoms with Gasteiger partial charge < -0.3 is 24.1 Å². The van der Waals surface area contributed by atoms with Gasteiger partial charge in [0.05, 0.1) is 33.3 Å². The molecule has 24 heavy (non-hydrogen) atoms. The molecule has 6 heteroatoms. The summed E-state index contributed by atoms with van der Waals surface area (Å²) in [5, 5.41) is 10.9. The number of benzene rings is 2. The van der Waals surface area contributed by atoms with Gasteiger partial charge in [-0.1, -0.05) is 0 Å². The summed E-state index contributed by atoms with van der Waals surface area (Å²) in [7, 11) is 4.55. The summed E-state index contributed by atoms with van der Waals surface area (Å²) in [6.45, 7) is 0. The smallest absolute Gasteiger partial charge is 0.242 e. The van der Waals surface area contributed by atoms with E-state index in [1.165, 1.54) is 21.3 Å². The number of rotatable bonds is 4. The predicted octanol–water partition coefficient (Wildman–Crippen LogP) is 2.52. The van der Waals surface area contributed by atoms with Crippen LogP contribution >= 0.6 is 0 Å². The number of carbonyl (C=O) groups is 1. The summed E-state index contributed by atoms with van der Waals surface area (Å²) >= 11 is 0. The minimum atomic E-state index is -1.77. The Labute approximate surface area is 139 Å². The molecule has 2 aromatic carbocycles. The van der Waals surface area contributed by atoms with E-state index in [2.05, 4.69) is 0 Å². The van der Waals surface area contributed by atoms with Crippen molar-refractivity contribution < 1.29 is 28.8 Å². The fourth-order valence-corrected chi connectivity index (χ4v) is 2.71. The zero-order valence-corrected chi connectivity index (χ0v) is 13.7. The van der Waals surface area contributed by atoms with Gasteiger partial charge in [-0.3, -0.25) is 4.79 Å². The molecule has 1 unspecified atom stereocenters. The molecule has 1 atom stereocenters. The molecular formula is C18H18O6. The summed E-state index contributed by atoms with van der Waals surface area (Å²) in [6, 6.07) is 9.78. The number of fused-ring (bicyclic) bond motifs is 1. The molecule has 6 nitrogen and oxygen atoms in total. The van der Waals surface area contributed by atoms with Gasteiger partial charge in [0.2, 0.25) is 5.79 Å². The van der Waals surface area contributed by atoms with E-state index in [1.54, 1.807) is 36.4 Å². The molecule has 0 amide bonds. The summed E-state index contributed by atoms with van der Waals surface area (Å²) in [4.78, 5) is 12.5. The van der Waals surface area contributed by atoms with E-state index >= 15 is 0 Å². The lowest BCUT2D eigenvalue weighted by Gasteiger charge is -2.33. The van der Waals surface area contributed by atoms with E-state index in [-0.39, 0.29) is 12.2 Å². The van der Waals surface area contributed by atoms with E-state index in [0.29, 0.717) is 34.1 Å². The Kier molecular flexibility index (Phi) is 4.07. The second-order valence-electron chi connectivity index (χ2n) is 5.42. The maximum Gasteiger partial charge on any atom is 0.242 e. The van der Waals surface area contributed by atoms with Gasteiger partial charge in [-0.2, -0.15) is 0 Å². The van der Waals surface area contributed by atoms with Gasteiger partial charge in [0, 0.05) is 5.56 Å². The fourth-order valence-electron chi connectivity index (χ4n) is 2.71. The number of hydrogen-bond acceptors (Lipinski definition) is 6. The quantitative estimate of drug-likeness (QED) is 0.928. The highest BCUT2D eigenvalue weighted by molar-refractivity contribution is 6.00. The highest BCUT2D eigenvalue weighted by Crippen LogP contribution is 2.41. The number of ether oxygens (including phenoxy) is 4. The zero-order valence-electron chi connectivity index (χ0n) is 13.7. The Bertz CT molecular complexity index is 785. The van der Waals surface area contributed by atoms with Crippen LogP contribution in [0.1, 0.15) is 22.3 Å². The first kappa shape index (κ1) is 16.1. The fraction of sp³-hybridized carbons (Fsp3) is 0.278. The second-order valence-corrected chi connectivity index (χ2v) is 5.42. The summed E-state index contributed by atoms with van der Waals surface area (Å²) < 4.78 is 21.3. The number of Topliss-reactive ketones (excluding diaryl/α,β-unsaturated/α-hetero) is 1. The average molecular weight is 330 g/mol. The van der Waals surface area contributed by atoms with E-state index in [9.17, 15) is 9.90 Å². The first-order valence-corrected chi connectivity index (χ1v) is 7.36. The van der Waals surface area contributed by atoms with Crippen LogP contribution in [0, 0.1) is 0 Å². The van der Waals surface area contributed by atoms with Crippen molar-refractivity contribution in [2.24, 2.45) is 0 Å². The predicted molar refractivity (Wildman–Crippen MR) is 86.0 cm³/mol. The van der Waals surface area contributed by atoms with Crippen molar-refractivity contribution in [1.29, 1.82) is 0 Å². The summed E-state index contributed by atoms with van der Waals surface area (Å²) in [6.07, 6.45) is -0.206. The third-order valence-corrected chi connectivity index (χ3v) is 4.00. The third kappa shape index (κ3) is 2.65.